The quantitative estimate of drug-likeness (QED) is 0.828. The van der Waals surface area contributed by atoms with E-state index in [0.717, 1.165) is 24.5 Å². The number of piperidine rings is 2. The van der Waals surface area contributed by atoms with E-state index >= 15 is 0 Å². The van der Waals surface area contributed by atoms with Crippen LogP contribution in [0, 0.1) is 5.92 Å². The molecule has 3 rings (SSSR count). The van der Waals surface area contributed by atoms with Gasteiger partial charge in [0.25, 0.3) is 0 Å². The molecule has 3 heteroatoms. The molecule has 3 heterocycles. The van der Waals surface area contributed by atoms with Crippen molar-refractivity contribution in [1.82, 2.24) is 9.80 Å². The van der Waals surface area contributed by atoms with E-state index in [1.54, 1.807) is 0 Å². The van der Waals surface area contributed by atoms with Gasteiger partial charge in [-0.25, -0.2) is 0 Å². The topological polar surface area (TPSA) is 32.5 Å². The first-order valence-electron chi connectivity index (χ1n) is 8.06. The molecule has 3 aliphatic rings. The van der Waals surface area contributed by atoms with Gasteiger partial charge < -0.3 is 5.73 Å². The van der Waals surface area contributed by atoms with Gasteiger partial charge in [-0.2, -0.15) is 0 Å². The van der Waals surface area contributed by atoms with Crippen LogP contribution in [0.15, 0.2) is 0 Å². The second-order valence-corrected chi connectivity index (χ2v) is 6.54. The van der Waals surface area contributed by atoms with Crippen LogP contribution in [0.4, 0.5) is 0 Å². The van der Waals surface area contributed by atoms with Crippen LogP contribution in [0.3, 0.4) is 0 Å². The molecular weight excluding hydrogens is 222 g/mol. The number of likely N-dealkylation sites (tertiary alicyclic amines) is 1. The zero-order chi connectivity index (χ0) is 12.4. The van der Waals surface area contributed by atoms with Crippen molar-refractivity contribution < 1.29 is 0 Å². The lowest BCUT2D eigenvalue weighted by Crippen LogP contribution is -2.50. The van der Waals surface area contributed by atoms with Crippen molar-refractivity contribution >= 4 is 0 Å². The molecular formula is C15H29N3. The highest BCUT2D eigenvalue weighted by atomic mass is 15.3. The van der Waals surface area contributed by atoms with Crippen LogP contribution in [-0.4, -0.2) is 54.6 Å². The monoisotopic (exact) mass is 251 g/mol. The number of fused-ring (bicyclic) bond motifs is 1. The lowest BCUT2D eigenvalue weighted by molar-refractivity contribution is 0.0769. The van der Waals surface area contributed by atoms with Crippen molar-refractivity contribution in [3.8, 4) is 0 Å². The first-order valence-corrected chi connectivity index (χ1v) is 8.06. The van der Waals surface area contributed by atoms with Crippen LogP contribution in [0.25, 0.3) is 0 Å². The Bertz CT molecular complexity index is 266. The summed E-state index contributed by atoms with van der Waals surface area (Å²) in [6.45, 7) is 6.26. The highest BCUT2D eigenvalue weighted by Crippen LogP contribution is 2.33. The molecule has 3 saturated heterocycles. The predicted octanol–water partition coefficient (Wildman–Crippen LogP) is 1.67. The fraction of sp³-hybridized carbons (Fsp3) is 1.00. The summed E-state index contributed by atoms with van der Waals surface area (Å²) >= 11 is 0. The number of nitrogens with two attached hydrogens (primary N) is 1. The zero-order valence-electron chi connectivity index (χ0n) is 11.7. The molecule has 0 amide bonds. The Balaban J connectivity index is 1.60. The van der Waals surface area contributed by atoms with Crippen molar-refractivity contribution in [2.45, 2.75) is 57.0 Å². The molecule has 3 unspecified atom stereocenters. The maximum atomic E-state index is 5.74. The van der Waals surface area contributed by atoms with Gasteiger partial charge in [0.05, 0.1) is 0 Å². The van der Waals surface area contributed by atoms with Crippen molar-refractivity contribution in [1.29, 1.82) is 0 Å². The summed E-state index contributed by atoms with van der Waals surface area (Å²) in [5, 5.41) is 0. The van der Waals surface area contributed by atoms with Gasteiger partial charge in [0, 0.05) is 25.2 Å². The summed E-state index contributed by atoms with van der Waals surface area (Å²) in [6, 6.07) is 1.75. The van der Waals surface area contributed by atoms with Gasteiger partial charge in [-0.05, 0) is 64.1 Å². The van der Waals surface area contributed by atoms with Crippen molar-refractivity contribution in [2.24, 2.45) is 11.7 Å². The third kappa shape index (κ3) is 2.59. The van der Waals surface area contributed by atoms with Gasteiger partial charge in [0.1, 0.15) is 0 Å². The molecule has 0 radical (unpaired) electrons. The van der Waals surface area contributed by atoms with Crippen LogP contribution < -0.4 is 5.73 Å². The number of hydrogen-bond donors (Lipinski definition) is 1. The molecule has 104 valence electrons. The fourth-order valence-electron chi connectivity index (χ4n) is 4.52. The lowest BCUT2D eigenvalue weighted by atomic mass is 9.91. The molecule has 0 aromatic rings. The average molecular weight is 251 g/mol. The Morgan fingerprint density at radius 3 is 2.56 bits per heavy atom. The molecule has 0 aromatic carbocycles. The van der Waals surface area contributed by atoms with Crippen LogP contribution in [0.2, 0.25) is 0 Å². The van der Waals surface area contributed by atoms with Crippen LogP contribution in [0.5, 0.6) is 0 Å². The molecule has 3 nitrogen and oxygen atoms in total. The minimum Gasteiger partial charge on any atom is -0.330 e. The second kappa shape index (κ2) is 5.89. The Labute approximate surface area is 112 Å². The largest absolute Gasteiger partial charge is 0.330 e. The minimum absolute atomic E-state index is 0.867. The Kier molecular flexibility index (Phi) is 4.22. The SMILES string of the molecule is NCCC1CCCN(C2CCN3CCCCC23)C1. The van der Waals surface area contributed by atoms with Gasteiger partial charge >= 0.3 is 0 Å². The third-order valence-corrected chi connectivity index (χ3v) is 5.41. The van der Waals surface area contributed by atoms with E-state index in [1.165, 1.54) is 71.1 Å². The maximum absolute atomic E-state index is 5.74. The van der Waals surface area contributed by atoms with Gasteiger partial charge in [-0.15, -0.1) is 0 Å². The van der Waals surface area contributed by atoms with Crippen molar-refractivity contribution in [3.63, 3.8) is 0 Å². The molecule has 0 spiro atoms. The minimum atomic E-state index is 0.867. The zero-order valence-corrected chi connectivity index (χ0v) is 11.7. The Morgan fingerprint density at radius 1 is 0.833 bits per heavy atom. The Hall–Kier alpha value is -0.120. The van der Waals surface area contributed by atoms with E-state index in [4.69, 9.17) is 5.73 Å². The van der Waals surface area contributed by atoms with E-state index < -0.39 is 0 Å². The third-order valence-electron chi connectivity index (χ3n) is 5.41. The van der Waals surface area contributed by atoms with E-state index in [1.807, 2.05) is 0 Å². The maximum Gasteiger partial charge on any atom is 0.0263 e. The first-order chi connectivity index (χ1) is 8.88. The standard InChI is InChI=1S/C15H29N3/c16-8-6-13-4-3-10-18(12-13)15-7-11-17-9-2-1-5-14(15)17/h13-15H,1-12,16H2. The average Bonchev–Trinajstić information content (AvgIpc) is 2.83. The summed E-state index contributed by atoms with van der Waals surface area (Å²) in [5.41, 5.74) is 5.74. The molecule has 0 aliphatic carbocycles. The summed E-state index contributed by atoms with van der Waals surface area (Å²) < 4.78 is 0. The van der Waals surface area contributed by atoms with E-state index in [-0.39, 0.29) is 0 Å². The Morgan fingerprint density at radius 2 is 1.67 bits per heavy atom. The van der Waals surface area contributed by atoms with Gasteiger partial charge in [0.15, 0.2) is 0 Å². The lowest BCUT2D eigenvalue weighted by Gasteiger charge is -2.41. The molecule has 3 atom stereocenters. The molecule has 0 saturated carbocycles. The first kappa shape index (κ1) is 12.9. The van der Waals surface area contributed by atoms with Crippen molar-refractivity contribution in [3.05, 3.63) is 0 Å². The highest BCUT2D eigenvalue weighted by Gasteiger charge is 2.39. The normalized spacial score (nSPS) is 38.8. The molecule has 0 bridgehead atoms. The fourth-order valence-corrected chi connectivity index (χ4v) is 4.52. The van der Waals surface area contributed by atoms with Gasteiger partial charge in [0.2, 0.25) is 0 Å². The van der Waals surface area contributed by atoms with E-state index in [2.05, 4.69) is 9.80 Å². The molecule has 0 aromatic heterocycles. The smallest absolute Gasteiger partial charge is 0.0263 e. The number of rotatable bonds is 3. The molecule has 18 heavy (non-hydrogen) atoms. The van der Waals surface area contributed by atoms with Crippen LogP contribution in [0.1, 0.15) is 44.9 Å². The summed E-state index contributed by atoms with van der Waals surface area (Å²) in [6.07, 6.45) is 9.79. The summed E-state index contributed by atoms with van der Waals surface area (Å²) in [5.74, 6) is 0.876. The van der Waals surface area contributed by atoms with E-state index in [9.17, 15) is 0 Å². The molecule has 3 aliphatic heterocycles. The van der Waals surface area contributed by atoms with Crippen molar-refractivity contribution in [2.75, 3.05) is 32.7 Å². The predicted molar refractivity (Wildman–Crippen MR) is 75.6 cm³/mol. The number of nitrogens with zero attached hydrogens (tertiary/aromatic N) is 2. The van der Waals surface area contributed by atoms with Gasteiger partial charge in [-0.3, -0.25) is 9.80 Å². The van der Waals surface area contributed by atoms with Crippen LogP contribution >= 0.6 is 0 Å². The summed E-state index contributed by atoms with van der Waals surface area (Å²) in [4.78, 5) is 5.58. The number of hydrogen-bond acceptors (Lipinski definition) is 3. The molecule has 2 N–H and O–H groups in total. The highest BCUT2D eigenvalue weighted by molar-refractivity contribution is 4.96. The second-order valence-electron chi connectivity index (χ2n) is 6.54. The van der Waals surface area contributed by atoms with Gasteiger partial charge in [-0.1, -0.05) is 6.42 Å². The van der Waals surface area contributed by atoms with Crippen LogP contribution in [-0.2, 0) is 0 Å². The van der Waals surface area contributed by atoms with E-state index in [0.29, 0.717) is 0 Å². The summed E-state index contributed by atoms with van der Waals surface area (Å²) in [7, 11) is 0. The molecule has 3 fully saturated rings.